The summed E-state index contributed by atoms with van der Waals surface area (Å²) < 4.78 is 1.98. The number of rotatable bonds is 3. The Labute approximate surface area is 124 Å². The van der Waals surface area contributed by atoms with Crippen LogP contribution in [0.15, 0.2) is 36.5 Å². The summed E-state index contributed by atoms with van der Waals surface area (Å²) in [6.07, 6.45) is 4.75. The maximum Gasteiger partial charge on any atom is 0.275 e. The van der Waals surface area contributed by atoms with Gasteiger partial charge in [-0.3, -0.25) is 4.79 Å². The molecule has 21 heavy (non-hydrogen) atoms. The quantitative estimate of drug-likeness (QED) is 0.940. The van der Waals surface area contributed by atoms with Gasteiger partial charge in [0.05, 0.1) is 5.69 Å². The number of nitrogens with zero attached hydrogens (tertiary/aromatic N) is 2. The molecule has 1 aliphatic rings. The lowest BCUT2D eigenvalue weighted by Crippen LogP contribution is -2.36. The van der Waals surface area contributed by atoms with Crippen LogP contribution >= 0.6 is 0 Å². The maximum atomic E-state index is 12.9. The molecular formula is C17H20N2O2. The Morgan fingerprint density at radius 1 is 1.29 bits per heavy atom. The highest BCUT2D eigenvalue weighted by Gasteiger charge is 2.27. The van der Waals surface area contributed by atoms with Crippen LogP contribution in [0.3, 0.4) is 0 Å². The number of para-hydroxylation sites is 1. The highest BCUT2D eigenvalue weighted by molar-refractivity contribution is 6.06. The number of aromatic nitrogens is 1. The number of phenolic OH excluding ortho intramolecular Hbond substituents is 1. The number of carbonyl (C=O) groups is 1. The van der Waals surface area contributed by atoms with Crippen molar-refractivity contribution in [2.45, 2.75) is 32.7 Å². The Kier molecular flexibility index (Phi) is 3.69. The monoisotopic (exact) mass is 284 g/mol. The second-order valence-corrected chi connectivity index (χ2v) is 5.43. The average Bonchev–Trinajstić information content (AvgIpc) is 2.95. The lowest BCUT2D eigenvalue weighted by atomic mass is 10.0. The normalized spacial score (nSPS) is 14.0. The van der Waals surface area contributed by atoms with Crippen molar-refractivity contribution in [2.75, 3.05) is 11.4 Å². The van der Waals surface area contributed by atoms with Crippen molar-refractivity contribution >= 4 is 11.6 Å². The standard InChI is InChI=1S/C17H20N2O2/c1-2-10-18-11-5-8-14(18)17(21)19-12-4-7-13-6-3-9-15(20)16(13)19/h3,5-6,8-9,11,20H,2,4,7,10,12H2,1H3. The third-order valence-corrected chi connectivity index (χ3v) is 3.95. The molecule has 2 heterocycles. The van der Waals surface area contributed by atoms with Crippen LogP contribution in [0.5, 0.6) is 5.75 Å². The molecule has 1 aromatic carbocycles. The van der Waals surface area contributed by atoms with Crippen molar-refractivity contribution in [1.29, 1.82) is 0 Å². The van der Waals surface area contributed by atoms with Crippen molar-refractivity contribution in [1.82, 2.24) is 4.57 Å². The molecule has 0 radical (unpaired) electrons. The predicted octanol–water partition coefficient (Wildman–Crippen LogP) is 3.20. The van der Waals surface area contributed by atoms with Gasteiger partial charge in [0.25, 0.3) is 5.91 Å². The van der Waals surface area contributed by atoms with Crippen LogP contribution in [-0.2, 0) is 13.0 Å². The molecule has 0 saturated carbocycles. The average molecular weight is 284 g/mol. The summed E-state index contributed by atoms with van der Waals surface area (Å²) in [4.78, 5) is 14.6. The summed E-state index contributed by atoms with van der Waals surface area (Å²) in [5.74, 6) is 0.157. The first-order valence-corrected chi connectivity index (χ1v) is 7.50. The highest BCUT2D eigenvalue weighted by Crippen LogP contribution is 2.36. The SMILES string of the molecule is CCCn1cccc1C(=O)N1CCCc2cccc(O)c21. The van der Waals surface area contributed by atoms with Gasteiger partial charge in [-0.25, -0.2) is 0 Å². The van der Waals surface area contributed by atoms with E-state index in [1.54, 1.807) is 11.0 Å². The maximum absolute atomic E-state index is 12.9. The Balaban J connectivity index is 1.99. The third-order valence-electron chi connectivity index (χ3n) is 3.95. The fourth-order valence-electron chi connectivity index (χ4n) is 3.02. The number of anilines is 1. The van der Waals surface area contributed by atoms with E-state index in [4.69, 9.17) is 0 Å². The molecule has 2 aromatic rings. The molecule has 0 fully saturated rings. The number of phenols is 1. The van der Waals surface area contributed by atoms with E-state index in [-0.39, 0.29) is 11.7 Å². The van der Waals surface area contributed by atoms with Gasteiger partial charge >= 0.3 is 0 Å². The number of amides is 1. The van der Waals surface area contributed by atoms with Crippen molar-refractivity contribution in [3.8, 4) is 5.75 Å². The van der Waals surface area contributed by atoms with Crippen molar-refractivity contribution in [3.05, 3.63) is 47.8 Å². The number of aromatic hydroxyl groups is 1. The lowest BCUT2D eigenvalue weighted by molar-refractivity contribution is 0.0975. The van der Waals surface area contributed by atoms with E-state index >= 15 is 0 Å². The lowest BCUT2D eigenvalue weighted by Gasteiger charge is -2.30. The number of benzene rings is 1. The molecule has 0 aliphatic carbocycles. The van der Waals surface area contributed by atoms with Crippen molar-refractivity contribution in [3.63, 3.8) is 0 Å². The van der Waals surface area contributed by atoms with E-state index < -0.39 is 0 Å². The topological polar surface area (TPSA) is 45.5 Å². The molecule has 4 heteroatoms. The molecule has 0 saturated heterocycles. The largest absolute Gasteiger partial charge is 0.506 e. The van der Waals surface area contributed by atoms with Gasteiger partial charge in [0.2, 0.25) is 0 Å². The third kappa shape index (κ3) is 2.42. The first-order chi connectivity index (χ1) is 10.2. The van der Waals surface area contributed by atoms with Gasteiger partial charge in [-0.1, -0.05) is 19.1 Å². The zero-order valence-electron chi connectivity index (χ0n) is 12.2. The minimum absolute atomic E-state index is 0.0316. The summed E-state index contributed by atoms with van der Waals surface area (Å²) >= 11 is 0. The summed E-state index contributed by atoms with van der Waals surface area (Å²) in [6, 6.07) is 9.22. The van der Waals surface area contributed by atoms with Gasteiger partial charge in [0.1, 0.15) is 11.4 Å². The smallest absolute Gasteiger partial charge is 0.275 e. The number of aryl methyl sites for hydroxylation is 2. The summed E-state index contributed by atoms with van der Waals surface area (Å²) in [6.45, 7) is 3.58. The molecule has 1 amide bonds. The van der Waals surface area contributed by atoms with Crippen LogP contribution in [0.2, 0.25) is 0 Å². The minimum atomic E-state index is -0.0316. The molecule has 0 bridgehead atoms. The first kappa shape index (κ1) is 13.7. The molecule has 0 unspecified atom stereocenters. The first-order valence-electron chi connectivity index (χ1n) is 7.50. The predicted molar refractivity (Wildman–Crippen MR) is 82.8 cm³/mol. The molecule has 1 aliphatic heterocycles. The van der Waals surface area contributed by atoms with E-state index in [0.717, 1.165) is 31.4 Å². The van der Waals surface area contributed by atoms with Crippen LogP contribution in [0.1, 0.15) is 35.8 Å². The molecule has 3 rings (SSSR count). The minimum Gasteiger partial charge on any atom is -0.506 e. The molecule has 0 atom stereocenters. The Bertz CT molecular complexity index is 661. The summed E-state index contributed by atoms with van der Waals surface area (Å²) in [7, 11) is 0. The van der Waals surface area contributed by atoms with E-state index in [9.17, 15) is 9.90 Å². The highest BCUT2D eigenvalue weighted by atomic mass is 16.3. The zero-order chi connectivity index (χ0) is 14.8. The number of carbonyl (C=O) groups excluding carboxylic acids is 1. The van der Waals surface area contributed by atoms with Gasteiger partial charge in [-0.2, -0.15) is 0 Å². The van der Waals surface area contributed by atoms with Gasteiger partial charge in [0, 0.05) is 19.3 Å². The van der Waals surface area contributed by atoms with Gasteiger partial charge < -0.3 is 14.6 Å². The number of hydrogen-bond acceptors (Lipinski definition) is 2. The van der Waals surface area contributed by atoms with E-state index in [1.807, 2.05) is 35.0 Å². The second-order valence-electron chi connectivity index (χ2n) is 5.43. The van der Waals surface area contributed by atoms with E-state index in [2.05, 4.69) is 6.92 Å². The van der Waals surface area contributed by atoms with Crippen LogP contribution in [0, 0.1) is 0 Å². The number of hydrogen-bond donors (Lipinski definition) is 1. The van der Waals surface area contributed by atoms with Crippen LogP contribution < -0.4 is 4.90 Å². The van der Waals surface area contributed by atoms with E-state index in [1.165, 1.54) is 0 Å². The number of fused-ring (bicyclic) bond motifs is 1. The molecule has 1 aromatic heterocycles. The van der Waals surface area contributed by atoms with Crippen molar-refractivity contribution < 1.29 is 9.90 Å². The second kappa shape index (κ2) is 5.64. The molecule has 110 valence electrons. The zero-order valence-corrected chi connectivity index (χ0v) is 12.2. The Morgan fingerprint density at radius 3 is 2.95 bits per heavy atom. The Morgan fingerprint density at radius 2 is 2.14 bits per heavy atom. The van der Waals surface area contributed by atoms with Crippen LogP contribution in [0.25, 0.3) is 0 Å². The van der Waals surface area contributed by atoms with Gasteiger partial charge in [-0.05, 0) is 43.0 Å². The Hall–Kier alpha value is -2.23. The molecular weight excluding hydrogens is 264 g/mol. The molecule has 1 N–H and O–H groups in total. The molecule has 4 nitrogen and oxygen atoms in total. The fraction of sp³-hybridized carbons (Fsp3) is 0.353. The van der Waals surface area contributed by atoms with Gasteiger partial charge in [-0.15, -0.1) is 0 Å². The molecule has 0 spiro atoms. The van der Waals surface area contributed by atoms with Gasteiger partial charge in [0.15, 0.2) is 0 Å². The van der Waals surface area contributed by atoms with Crippen LogP contribution in [0.4, 0.5) is 5.69 Å². The summed E-state index contributed by atoms with van der Waals surface area (Å²) in [5, 5.41) is 10.1. The van der Waals surface area contributed by atoms with E-state index in [0.29, 0.717) is 17.9 Å². The van der Waals surface area contributed by atoms with Crippen molar-refractivity contribution in [2.24, 2.45) is 0 Å². The van der Waals surface area contributed by atoms with Crippen LogP contribution in [-0.4, -0.2) is 22.1 Å². The fourth-order valence-corrected chi connectivity index (χ4v) is 3.02. The summed E-state index contributed by atoms with van der Waals surface area (Å²) in [5.41, 5.74) is 2.41.